The van der Waals surface area contributed by atoms with Crippen molar-refractivity contribution < 1.29 is 8.78 Å². The van der Waals surface area contributed by atoms with Crippen molar-refractivity contribution in [2.24, 2.45) is 0 Å². The predicted molar refractivity (Wildman–Crippen MR) is 148 cm³/mol. The standard InChI is InChI=1S/C30H30F2N4.ClH/c1-2-3-15-33-16-14-20-17-22(12-13-27(20)31)35-30-34-19-21-18-26(24-9-6-7-11-28(24)32)23-8-4-5-10-25(23)29(21)36-30;/h4-13,17,19,26,33H,2-3,14-16,18H2,1H3,(H,34,35,36);1H. The Labute approximate surface area is 223 Å². The predicted octanol–water partition coefficient (Wildman–Crippen LogP) is 7.21. The fraction of sp³-hybridized carbons (Fsp3) is 0.267. The van der Waals surface area contributed by atoms with Crippen LogP contribution in [0.4, 0.5) is 20.4 Å². The molecule has 192 valence electrons. The first kappa shape index (κ1) is 26.7. The summed E-state index contributed by atoms with van der Waals surface area (Å²) in [6, 6.07) is 20.0. The number of halogens is 3. The number of hydrogen-bond donors (Lipinski definition) is 2. The van der Waals surface area contributed by atoms with Crippen LogP contribution in [-0.2, 0) is 12.8 Å². The highest BCUT2D eigenvalue weighted by Gasteiger charge is 2.29. The van der Waals surface area contributed by atoms with Crippen LogP contribution < -0.4 is 10.6 Å². The van der Waals surface area contributed by atoms with Gasteiger partial charge in [0.05, 0.1) is 5.69 Å². The van der Waals surface area contributed by atoms with Gasteiger partial charge < -0.3 is 10.6 Å². The number of unbranched alkanes of at least 4 members (excludes halogenated alkanes) is 1. The molecule has 2 N–H and O–H groups in total. The Morgan fingerprint density at radius 3 is 2.51 bits per heavy atom. The molecule has 5 rings (SSSR count). The minimum atomic E-state index is -0.211. The van der Waals surface area contributed by atoms with Crippen LogP contribution in [-0.4, -0.2) is 23.1 Å². The van der Waals surface area contributed by atoms with Gasteiger partial charge in [-0.15, -0.1) is 12.4 Å². The lowest BCUT2D eigenvalue weighted by Crippen LogP contribution is -2.18. The fourth-order valence-corrected chi connectivity index (χ4v) is 4.85. The average molecular weight is 521 g/mol. The topological polar surface area (TPSA) is 49.8 Å². The van der Waals surface area contributed by atoms with E-state index < -0.39 is 0 Å². The normalized spacial score (nSPS) is 13.9. The molecular weight excluding hydrogens is 490 g/mol. The van der Waals surface area contributed by atoms with Gasteiger partial charge in [-0.05, 0) is 78.9 Å². The number of nitrogens with one attached hydrogen (secondary N) is 2. The second kappa shape index (κ2) is 12.3. The Kier molecular flexibility index (Phi) is 8.85. The van der Waals surface area contributed by atoms with Gasteiger partial charge in [-0.1, -0.05) is 55.8 Å². The zero-order chi connectivity index (χ0) is 24.9. The van der Waals surface area contributed by atoms with Gasteiger partial charge in [-0.25, -0.2) is 18.7 Å². The number of nitrogens with zero attached hydrogens (tertiary/aromatic N) is 2. The van der Waals surface area contributed by atoms with E-state index in [0.717, 1.165) is 54.0 Å². The van der Waals surface area contributed by atoms with Crippen molar-refractivity contribution in [2.75, 3.05) is 18.4 Å². The lowest BCUT2D eigenvalue weighted by atomic mass is 9.78. The van der Waals surface area contributed by atoms with E-state index in [2.05, 4.69) is 22.5 Å². The lowest BCUT2D eigenvalue weighted by Gasteiger charge is -2.27. The maximum Gasteiger partial charge on any atom is 0.227 e. The largest absolute Gasteiger partial charge is 0.324 e. The van der Waals surface area contributed by atoms with Crippen LogP contribution in [0.5, 0.6) is 0 Å². The highest BCUT2D eigenvalue weighted by atomic mass is 35.5. The summed E-state index contributed by atoms with van der Waals surface area (Å²) in [6.45, 7) is 3.83. The van der Waals surface area contributed by atoms with Gasteiger partial charge >= 0.3 is 0 Å². The maximum absolute atomic E-state index is 14.7. The highest BCUT2D eigenvalue weighted by Crippen LogP contribution is 2.42. The minimum Gasteiger partial charge on any atom is -0.324 e. The van der Waals surface area contributed by atoms with Gasteiger partial charge in [-0.2, -0.15) is 0 Å². The highest BCUT2D eigenvalue weighted by molar-refractivity contribution is 5.85. The molecule has 1 unspecified atom stereocenters. The molecule has 0 saturated carbocycles. The van der Waals surface area contributed by atoms with Crippen molar-refractivity contribution in [1.29, 1.82) is 0 Å². The second-order valence-electron chi connectivity index (χ2n) is 9.22. The Hall–Kier alpha value is -3.35. The maximum atomic E-state index is 14.7. The third-order valence-electron chi connectivity index (χ3n) is 6.74. The first-order valence-corrected chi connectivity index (χ1v) is 12.6. The van der Waals surface area contributed by atoms with Crippen LogP contribution >= 0.6 is 12.4 Å². The van der Waals surface area contributed by atoms with Crippen LogP contribution in [0.15, 0.2) is 72.9 Å². The summed E-state index contributed by atoms with van der Waals surface area (Å²) < 4.78 is 29.0. The van der Waals surface area contributed by atoms with Gasteiger partial charge in [0.1, 0.15) is 11.6 Å². The van der Waals surface area contributed by atoms with E-state index in [0.29, 0.717) is 29.9 Å². The van der Waals surface area contributed by atoms with E-state index in [1.807, 2.05) is 48.7 Å². The van der Waals surface area contributed by atoms with Crippen molar-refractivity contribution in [1.82, 2.24) is 15.3 Å². The van der Waals surface area contributed by atoms with Crippen LogP contribution in [0.25, 0.3) is 11.3 Å². The molecule has 0 amide bonds. The molecule has 1 heterocycles. The summed E-state index contributed by atoms with van der Waals surface area (Å²) in [7, 11) is 0. The Morgan fingerprint density at radius 2 is 1.70 bits per heavy atom. The quantitative estimate of drug-likeness (QED) is 0.229. The van der Waals surface area contributed by atoms with E-state index in [4.69, 9.17) is 4.98 Å². The molecule has 0 radical (unpaired) electrons. The molecule has 0 aliphatic heterocycles. The monoisotopic (exact) mass is 520 g/mol. The summed E-state index contributed by atoms with van der Waals surface area (Å²) in [6.07, 6.45) is 5.30. The van der Waals surface area contributed by atoms with Crippen molar-refractivity contribution in [3.8, 4) is 11.3 Å². The molecule has 37 heavy (non-hydrogen) atoms. The molecular formula is C30H31ClF2N4. The van der Waals surface area contributed by atoms with Crippen molar-refractivity contribution in [3.05, 3.63) is 107 Å². The summed E-state index contributed by atoms with van der Waals surface area (Å²) >= 11 is 0. The molecule has 0 spiro atoms. The van der Waals surface area contributed by atoms with Gasteiger partial charge in [-0.3, -0.25) is 0 Å². The smallest absolute Gasteiger partial charge is 0.227 e. The summed E-state index contributed by atoms with van der Waals surface area (Å²) in [5.41, 5.74) is 5.94. The van der Waals surface area contributed by atoms with Crippen molar-refractivity contribution in [3.63, 3.8) is 0 Å². The molecule has 1 aliphatic carbocycles. The summed E-state index contributed by atoms with van der Waals surface area (Å²) in [5.74, 6) is -0.0561. The fourth-order valence-electron chi connectivity index (χ4n) is 4.85. The number of anilines is 2. The van der Waals surface area contributed by atoms with Crippen molar-refractivity contribution in [2.45, 2.75) is 38.5 Å². The molecule has 4 nitrogen and oxygen atoms in total. The number of benzene rings is 3. The Balaban J connectivity index is 0.00000320. The average Bonchev–Trinajstić information content (AvgIpc) is 2.90. The van der Waals surface area contributed by atoms with Gasteiger partial charge in [0.25, 0.3) is 0 Å². The van der Waals surface area contributed by atoms with Crippen LogP contribution in [0.1, 0.15) is 47.9 Å². The third kappa shape index (κ3) is 5.97. The molecule has 0 bridgehead atoms. The zero-order valence-electron chi connectivity index (χ0n) is 20.8. The Bertz CT molecular complexity index is 1360. The molecule has 4 aromatic rings. The Morgan fingerprint density at radius 1 is 0.919 bits per heavy atom. The first-order chi connectivity index (χ1) is 17.6. The zero-order valence-corrected chi connectivity index (χ0v) is 21.6. The SMILES string of the molecule is CCCCNCCc1cc(Nc2ncc3c(n2)-c2ccccc2C(c2ccccc2F)C3)ccc1F.Cl. The molecule has 7 heteroatoms. The minimum absolute atomic E-state index is 0. The molecule has 1 aromatic heterocycles. The number of aromatic nitrogens is 2. The third-order valence-corrected chi connectivity index (χ3v) is 6.74. The molecule has 0 saturated heterocycles. The van der Waals surface area contributed by atoms with Gasteiger partial charge in [0, 0.05) is 23.4 Å². The lowest BCUT2D eigenvalue weighted by molar-refractivity contribution is 0.592. The first-order valence-electron chi connectivity index (χ1n) is 12.6. The number of rotatable bonds is 9. The van der Waals surface area contributed by atoms with Crippen molar-refractivity contribution >= 4 is 24.0 Å². The van der Waals surface area contributed by atoms with Gasteiger partial charge in [0.15, 0.2) is 0 Å². The molecule has 0 fully saturated rings. The summed E-state index contributed by atoms with van der Waals surface area (Å²) in [4.78, 5) is 9.36. The van der Waals surface area contributed by atoms with E-state index in [1.54, 1.807) is 12.1 Å². The van der Waals surface area contributed by atoms with Crippen LogP contribution in [0, 0.1) is 11.6 Å². The van der Waals surface area contributed by atoms with Gasteiger partial charge in [0.2, 0.25) is 5.95 Å². The van der Waals surface area contributed by atoms with E-state index in [9.17, 15) is 8.78 Å². The second-order valence-corrected chi connectivity index (χ2v) is 9.22. The molecule has 1 aliphatic rings. The summed E-state index contributed by atoms with van der Waals surface area (Å²) in [5, 5.41) is 6.60. The molecule has 1 atom stereocenters. The van der Waals surface area contributed by atoms with Crippen LogP contribution in [0.3, 0.4) is 0 Å². The van der Waals surface area contributed by atoms with Crippen LogP contribution in [0.2, 0.25) is 0 Å². The van der Waals surface area contributed by atoms with E-state index >= 15 is 0 Å². The van der Waals surface area contributed by atoms with E-state index in [-0.39, 0.29) is 30.0 Å². The number of hydrogen-bond acceptors (Lipinski definition) is 4. The number of fused-ring (bicyclic) bond motifs is 3. The molecule has 3 aromatic carbocycles. The van der Waals surface area contributed by atoms with E-state index in [1.165, 1.54) is 12.1 Å².